The summed E-state index contributed by atoms with van der Waals surface area (Å²) in [4.78, 5) is 17.6. The molecule has 1 fully saturated rings. The summed E-state index contributed by atoms with van der Waals surface area (Å²) in [6.07, 6.45) is 2.07. The highest BCUT2D eigenvalue weighted by atomic mass is 35.5. The van der Waals surface area contributed by atoms with Gasteiger partial charge in [0, 0.05) is 7.05 Å². The summed E-state index contributed by atoms with van der Waals surface area (Å²) in [5, 5.41) is 9.78. The van der Waals surface area contributed by atoms with E-state index in [1.165, 1.54) is 0 Å². The molecule has 1 atom stereocenters. The molecular formula is C11H16ClN3O2. The van der Waals surface area contributed by atoms with Gasteiger partial charge in [0.05, 0.1) is 0 Å². The molecule has 0 radical (unpaired) electrons. The van der Waals surface area contributed by atoms with Crippen LogP contribution in [0, 0.1) is 6.92 Å². The molecule has 17 heavy (non-hydrogen) atoms. The van der Waals surface area contributed by atoms with Crippen LogP contribution in [0.1, 0.15) is 30.4 Å². The molecule has 1 aromatic rings. The molecule has 0 amide bonds. The Morgan fingerprint density at radius 1 is 1.47 bits per heavy atom. The van der Waals surface area contributed by atoms with Crippen molar-refractivity contribution in [2.45, 2.75) is 25.8 Å². The van der Waals surface area contributed by atoms with Crippen LogP contribution in [0.25, 0.3) is 0 Å². The zero-order valence-corrected chi connectivity index (χ0v) is 10.7. The highest BCUT2D eigenvalue weighted by Crippen LogP contribution is 2.30. The molecule has 0 saturated carbocycles. The van der Waals surface area contributed by atoms with Crippen molar-refractivity contribution in [2.24, 2.45) is 7.05 Å². The van der Waals surface area contributed by atoms with Gasteiger partial charge in [-0.25, -0.2) is 4.98 Å². The lowest BCUT2D eigenvalue weighted by Crippen LogP contribution is -2.32. The van der Waals surface area contributed by atoms with E-state index in [9.17, 15) is 9.90 Å². The van der Waals surface area contributed by atoms with Crippen molar-refractivity contribution in [1.82, 2.24) is 14.5 Å². The largest absolute Gasteiger partial charge is 0.480 e. The average Bonchev–Trinajstić information content (AvgIpc) is 2.85. The van der Waals surface area contributed by atoms with Gasteiger partial charge in [-0.15, -0.1) is 0 Å². The van der Waals surface area contributed by atoms with Crippen molar-refractivity contribution >= 4 is 17.6 Å². The predicted molar refractivity (Wildman–Crippen MR) is 64.1 cm³/mol. The molecule has 1 aliphatic heterocycles. The van der Waals surface area contributed by atoms with Gasteiger partial charge in [-0.05, 0) is 32.9 Å². The number of aryl methyl sites for hydroxylation is 1. The third-order valence-electron chi connectivity index (χ3n) is 3.27. The molecule has 1 N–H and O–H groups in total. The van der Waals surface area contributed by atoms with Crippen LogP contribution < -0.4 is 0 Å². The van der Waals surface area contributed by atoms with Crippen LogP contribution in [0.5, 0.6) is 0 Å². The molecule has 5 nitrogen and oxygen atoms in total. The van der Waals surface area contributed by atoms with E-state index >= 15 is 0 Å². The number of carbonyl (C=O) groups is 1. The Kier molecular flexibility index (Phi) is 3.40. The van der Waals surface area contributed by atoms with E-state index < -0.39 is 12.0 Å². The Morgan fingerprint density at radius 2 is 2.06 bits per heavy atom. The number of aromatic nitrogens is 2. The van der Waals surface area contributed by atoms with E-state index in [0.717, 1.165) is 31.8 Å². The van der Waals surface area contributed by atoms with Crippen LogP contribution in [0.2, 0.25) is 5.15 Å². The molecular weight excluding hydrogens is 242 g/mol. The molecule has 1 aromatic heterocycles. The molecule has 2 heterocycles. The zero-order chi connectivity index (χ0) is 12.6. The van der Waals surface area contributed by atoms with Gasteiger partial charge in [-0.1, -0.05) is 11.6 Å². The maximum absolute atomic E-state index is 11.4. The Morgan fingerprint density at radius 3 is 2.47 bits per heavy atom. The van der Waals surface area contributed by atoms with Gasteiger partial charge in [-0.3, -0.25) is 9.69 Å². The molecule has 0 spiro atoms. The first-order valence-electron chi connectivity index (χ1n) is 5.68. The second-order valence-corrected chi connectivity index (χ2v) is 4.74. The number of carboxylic acids is 1. The van der Waals surface area contributed by atoms with Crippen molar-refractivity contribution < 1.29 is 9.90 Å². The minimum Gasteiger partial charge on any atom is -0.480 e. The number of hydrogen-bond acceptors (Lipinski definition) is 3. The SMILES string of the molecule is Cc1nc(C(C(=O)O)N2CCCC2)c(Cl)n1C. The van der Waals surface area contributed by atoms with E-state index in [0.29, 0.717) is 10.8 Å². The lowest BCUT2D eigenvalue weighted by molar-refractivity contribution is -0.143. The summed E-state index contributed by atoms with van der Waals surface area (Å²) in [6, 6.07) is -0.718. The Bertz CT molecular complexity index is 438. The molecule has 6 heteroatoms. The van der Waals surface area contributed by atoms with Gasteiger partial charge in [0.25, 0.3) is 0 Å². The topological polar surface area (TPSA) is 58.4 Å². The molecule has 1 saturated heterocycles. The van der Waals surface area contributed by atoms with Gasteiger partial charge in [0.1, 0.15) is 16.7 Å². The number of rotatable bonds is 3. The summed E-state index contributed by atoms with van der Waals surface area (Å²) < 4.78 is 1.71. The minimum absolute atomic E-state index is 0.418. The molecule has 2 rings (SSSR count). The highest BCUT2D eigenvalue weighted by molar-refractivity contribution is 6.30. The number of carboxylic acid groups (broad SMARTS) is 1. The smallest absolute Gasteiger partial charge is 0.327 e. The number of halogens is 1. The average molecular weight is 258 g/mol. The third kappa shape index (κ3) is 2.17. The number of nitrogens with zero attached hydrogens (tertiary/aromatic N) is 3. The standard InChI is InChI=1S/C11H16ClN3O2/c1-7-13-8(10(12)14(7)2)9(11(16)17)15-5-3-4-6-15/h9H,3-6H2,1-2H3,(H,16,17). The fraction of sp³-hybridized carbons (Fsp3) is 0.636. The maximum Gasteiger partial charge on any atom is 0.327 e. The van der Waals surface area contributed by atoms with Crippen molar-refractivity contribution in [3.63, 3.8) is 0 Å². The van der Waals surface area contributed by atoms with Crippen molar-refractivity contribution in [1.29, 1.82) is 0 Å². The molecule has 1 unspecified atom stereocenters. The summed E-state index contributed by atoms with van der Waals surface area (Å²) in [6.45, 7) is 3.41. The van der Waals surface area contributed by atoms with Gasteiger partial charge in [0.15, 0.2) is 6.04 Å². The number of hydrogen-bond donors (Lipinski definition) is 1. The lowest BCUT2D eigenvalue weighted by atomic mass is 10.2. The van der Waals surface area contributed by atoms with Crippen molar-refractivity contribution in [3.8, 4) is 0 Å². The van der Waals surface area contributed by atoms with Crippen molar-refractivity contribution in [2.75, 3.05) is 13.1 Å². The van der Waals surface area contributed by atoms with Gasteiger partial charge in [-0.2, -0.15) is 0 Å². The van der Waals surface area contributed by atoms with Crippen molar-refractivity contribution in [3.05, 3.63) is 16.7 Å². The summed E-state index contributed by atoms with van der Waals surface area (Å²) in [7, 11) is 1.79. The van der Waals surface area contributed by atoms with Crippen LogP contribution in [0.15, 0.2) is 0 Å². The minimum atomic E-state index is -0.882. The lowest BCUT2D eigenvalue weighted by Gasteiger charge is -2.22. The second-order valence-electron chi connectivity index (χ2n) is 4.38. The number of aliphatic carboxylic acids is 1. The fourth-order valence-electron chi connectivity index (χ4n) is 2.23. The maximum atomic E-state index is 11.4. The fourth-order valence-corrected chi connectivity index (χ4v) is 2.50. The van der Waals surface area contributed by atoms with E-state index in [1.54, 1.807) is 11.6 Å². The number of imidazole rings is 1. The summed E-state index contributed by atoms with van der Waals surface area (Å²) >= 11 is 6.14. The van der Waals surface area contributed by atoms with Crippen LogP contribution in [0.4, 0.5) is 0 Å². The Labute approximate surface area is 105 Å². The van der Waals surface area contributed by atoms with Crippen LogP contribution in [-0.4, -0.2) is 38.6 Å². The van der Waals surface area contributed by atoms with Crippen LogP contribution in [0.3, 0.4) is 0 Å². The van der Waals surface area contributed by atoms with Crippen LogP contribution >= 0.6 is 11.6 Å². The first-order chi connectivity index (χ1) is 8.02. The third-order valence-corrected chi connectivity index (χ3v) is 3.72. The highest BCUT2D eigenvalue weighted by Gasteiger charge is 2.33. The van der Waals surface area contributed by atoms with Crippen LogP contribution in [-0.2, 0) is 11.8 Å². The Hall–Kier alpha value is -1.07. The zero-order valence-electron chi connectivity index (χ0n) is 9.98. The van der Waals surface area contributed by atoms with Gasteiger partial charge < -0.3 is 9.67 Å². The summed E-state index contributed by atoms with van der Waals surface area (Å²) in [5.74, 6) is -0.151. The number of likely N-dealkylation sites (tertiary alicyclic amines) is 1. The van der Waals surface area contributed by atoms with E-state index in [4.69, 9.17) is 11.6 Å². The normalized spacial score (nSPS) is 18.5. The molecule has 1 aliphatic rings. The molecule has 0 aliphatic carbocycles. The first-order valence-corrected chi connectivity index (χ1v) is 6.05. The first kappa shape index (κ1) is 12.4. The van der Waals surface area contributed by atoms with E-state index in [1.807, 2.05) is 11.8 Å². The quantitative estimate of drug-likeness (QED) is 0.894. The summed E-state index contributed by atoms with van der Waals surface area (Å²) in [5.41, 5.74) is 0.459. The molecule has 0 bridgehead atoms. The monoisotopic (exact) mass is 257 g/mol. The Balaban J connectivity index is 2.38. The van der Waals surface area contributed by atoms with Gasteiger partial charge >= 0.3 is 5.97 Å². The molecule has 94 valence electrons. The van der Waals surface area contributed by atoms with E-state index in [2.05, 4.69) is 4.98 Å². The predicted octanol–water partition coefficient (Wildman–Crippen LogP) is 1.60. The second kappa shape index (κ2) is 4.66. The van der Waals surface area contributed by atoms with E-state index in [-0.39, 0.29) is 0 Å². The van der Waals surface area contributed by atoms with Gasteiger partial charge in [0.2, 0.25) is 0 Å². The molecule has 0 aromatic carbocycles.